The van der Waals surface area contributed by atoms with Crippen molar-refractivity contribution in [1.29, 1.82) is 0 Å². The Bertz CT molecular complexity index is 673. The predicted molar refractivity (Wildman–Crippen MR) is 76.8 cm³/mol. The van der Waals surface area contributed by atoms with Crippen molar-refractivity contribution in [2.75, 3.05) is 16.8 Å². The molecule has 0 radical (unpaired) electrons. The molecular weight excluding hydrogens is 270 g/mol. The van der Waals surface area contributed by atoms with Gasteiger partial charge in [0.1, 0.15) is 13.2 Å². The summed E-state index contributed by atoms with van der Waals surface area (Å²) < 4.78 is 5.25. The number of amides is 2. The van der Waals surface area contributed by atoms with Crippen LogP contribution in [0.3, 0.4) is 0 Å². The number of carbonyl (C=O) groups is 2. The third-order valence-corrected chi connectivity index (χ3v) is 3.06. The Kier molecular flexibility index (Phi) is 3.51. The number of fused-ring (bicyclic) bond motifs is 1. The quantitative estimate of drug-likeness (QED) is 0.917. The van der Waals surface area contributed by atoms with Crippen LogP contribution in [0.4, 0.5) is 16.3 Å². The lowest BCUT2D eigenvalue weighted by atomic mass is 10.2. The van der Waals surface area contributed by atoms with Crippen LogP contribution < -0.4 is 10.2 Å². The molecule has 0 saturated heterocycles. The molecular formula is C15H13N3O3. The number of anilines is 2. The second-order valence-corrected chi connectivity index (χ2v) is 4.55. The first-order valence-electron chi connectivity index (χ1n) is 6.47. The summed E-state index contributed by atoms with van der Waals surface area (Å²) >= 11 is 0. The van der Waals surface area contributed by atoms with E-state index >= 15 is 0 Å². The number of benzene rings is 1. The number of hydrogen-bond acceptors (Lipinski definition) is 4. The third kappa shape index (κ3) is 2.84. The van der Waals surface area contributed by atoms with Crippen molar-refractivity contribution in [1.82, 2.24) is 4.98 Å². The zero-order valence-corrected chi connectivity index (χ0v) is 11.2. The second kappa shape index (κ2) is 5.62. The summed E-state index contributed by atoms with van der Waals surface area (Å²) in [5.74, 6) is 0.0725. The number of nitrogens with zero attached hydrogens (tertiary/aromatic N) is 2. The molecule has 0 fully saturated rings. The van der Waals surface area contributed by atoms with E-state index in [1.807, 2.05) is 30.3 Å². The van der Waals surface area contributed by atoms with E-state index in [2.05, 4.69) is 10.3 Å². The average molecular weight is 283 g/mol. The van der Waals surface area contributed by atoms with E-state index in [-0.39, 0.29) is 19.1 Å². The lowest BCUT2D eigenvalue weighted by Gasteiger charge is -2.27. The highest BCUT2D eigenvalue weighted by Gasteiger charge is 2.28. The molecule has 6 heteroatoms. The number of nitrogens with one attached hydrogen (secondary N) is 1. The van der Waals surface area contributed by atoms with Crippen LogP contribution >= 0.6 is 0 Å². The van der Waals surface area contributed by atoms with Crippen molar-refractivity contribution >= 4 is 23.5 Å². The topological polar surface area (TPSA) is 71.5 Å². The van der Waals surface area contributed by atoms with E-state index in [4.69, 9.17) is 4.74 Å². The summed E-state index contributed by atoms with van der Waals surface area (Å²) in [6, 6.07) is 12.8. The normalized spacial score (nSPS) is 13.3. The summed E-state index contributed by atoms with van der Waals surface area (Å²) in [5, 5.41) is 2.62. The first-order chi connectivity index (χ1) is 10.2. The predicted octanol–water partition coefficient (Wildman–Crippen LogP) is 2.18. The molecule has 1 N–H and O–H groups in total. The number of pyridine rings is 1. The molecule has 1 aromatic carbocycles. The van der Waals surface area contributed by atoms with Crippen molar-refractivity contribution in [2.45, 2.75) is 6.61 Å². The first-order valence-corrected chi connectivity index (χ1v) is 6.47. The summed E-state index contributed by atoms with van der Waals surface area (Å²) in [6.07, 6.45) is 0.987. The highest BCUT2D eigenvalue weighted by Crippen LogP contribution is 2.27. The molecule has 106 valence electrons. The fraction of sp³-hybridized carbons (Fsp3) is 0.133. The van der Waals surface area contributed by atoms with Crippen LogP contribution in [0.2, 0.25) is 0 Å². The molecule has 0 saturated carbocycles. The maximum atomic E-state index is 12.2. The van der Waals surface area contributed by atoms with E-state index in [0.717, 1.165) is 5.56 Å². The zero-order chi connectivity index (χ0) is 14.7. The average Bonchev–Trinajstić information content (AvgIpc) is 2.52. The number of carbonyl (C=O) groups excluding carboxylic acids is 2. The van der Waals surface area contributed by atoms with Crippen LogP contribution in [0.1, 0.15) is 5.56 Å². The summed E-state index contributed by atoms with van der Waals surface area (Å²) in [7, 11) is 0. The minimum Gasteiger partial charge on any atom is -0.444 e. The Morgan fingerprint density at radius 2 is 2.05 bits per heavy atom. The molecule has 2 amide bonds. The minimum absolute atomic E-state index is 0.0771. The van der Waals surface area contributed by atoms with Gasteiger partial charge in [-0.15, -0.1) is 0 Å². The lowest BCUT2D eigenvalue weighted by molar-refractivity contribution is -0.115. The molecule has 0 atom stereocenters. The van der Waals surface area contributed by atoms with E-state index in [9.17, 15) is 9.59 Å². The fourth-order valence-electron chi connectivity index (χ4n) is 2.07. The van der Waals surface area contributed by atoms with Gasteiger partial charge in [-0.1, -0.05) is 30.3 Å². The van der Waals surface area contributed by atoms with Crippen molar-refractivity contribution in [3.63, 3.8) is 0 Å². The molecule has 21 heavy (non-hydrogen) atoms. The molecule has 6 nitrogen and oxygen atoms in total. The fourth-order valence-corrected chi connectivity index (χ4v) is 2.07. The number of hydrogen-bond donors (Lipinski definition) is 1. The lowest BCUT2D eigenvalue weighted by Crippen LogP contribution is -2.42. The van der Waals surface area contributed by atoms with Gasteiger partial charge in [0.05, 0.1) is 5.69 Å². The second-order valence-electron chi connectivity index (χ2n) is 4.55. The molecule has 1 aromatic heterocycles. The molecule has 2 heterocycles. The van der Waals surface area contributed by atoms with E-state index in [0.29, 0.717) is 11.5 Å². The summed E-state index contributed by atoms with van der Waals surface area (Å²) in [5.41, 5.74) is 1.42. The summed E-state index contributed by atoms with van der Waals surface area (Å²) in [6.45, 7) is 0.0830. The van der Waals surface area contributed by atoms with Crippen LogP contribution in [0.5, 0.6) is 0 Å². The van der Waals surface area contributed by atoms with Gasteiger partial charge in [-0.05, 0) is 17.7 Å². The Labute approximate surface area is 121 Å². The standard InChI is InChI=1S/C15H13N3O3/c19-13-9-18(12-7-4-8-16-14(12)17-13)15(20)21-10-11-5-2-1-3-6-11/h1-8H,9-10H2,(H,16,17,19). The van der Waals surface area contributed by atoms with Crippen LogP contribution in [-0.4, -0.2) is 23.5 Å². The van der Waals surface area contributed by atoms with Gasteiger partial charge in [0, 0.05) is 6.20 Å². The van der Waals surface area contributed by atoms with Crippen molar-refractivity contribution in [3.05, 3.63) is 54.2 Å². The molecule has 0 unspecified atom stereocenters. The minimum atomic E-state index is -0.567. The molecule has 3 rings (SSSR count). The smallest absolute Gasteiger partial charge is 0.415 e. The van der Waals surface area contributed by atoms with Gasteiger partial charge in [-0.25, -0.2) is 9.78 Å². The Hall–Kier alpha value is -2.89. The molecule has 0 spiro atoms. The SMILES string of the molecule is O=C1CN(C(=O)OCc2ccccc2)c2cccnc2N1. The van der Waals surface area contributed by atoms with Crippen molar-refractivity contribution < 1.29 is 14.3 Å². The Morgan fingerprint density at radius 3 is 2.86 bits per heavy atom. The molecule has 0 bridgehead atoms. The zero-order valence-electron chi connectivity index (χ0n) is 11.2. The van der Waals surface area contributed by atoms with E-state index in [1.54, 1.807) is 18.3 Å². The van der Waals surface area contributed by atoms with E-state index < -0.39 is 6.09 Å². The van der Waals surface area contributed by atoms with Crippen LogP contribution in [0.25, 0.3) is 0 Å². The van der Waals surface area contributed by atoms with Gasteiger partial charge in [-0.2, -0.15) is 0 Å². The first kappa shape index (κ1) is 13.1. The Balaban J connectivity index is 1.74. The molecule has 2 aromatic rings. The highest BCUT2D eigenvalue weighted by molar-refractivity contribution is 6.07. The van der Waals surface area contributed by atoms with Gasteiger partial charge in [0.2, 0.25) is 5.91 Å². The van der Waals surface area contributed by atoms with Crippen LogP contribution in [-0.2, 0) is 16.1 Å². The van der Waals surface area contributed by atoms with Gasteiger partial charge in [0.25, 0.3) is 0 Å². The third-order valence-electron chi connectivity index (χ3n) is 3.06. The van der Waals surface area contributed by atoms with Crippen LogP contribution in [0, 0.1) is 0 Å². The number of aromatic nitrogens is 1. The summed E-state index contributed by atoms with van der Waals surface area (Å²) in [4.78, 5) is 29.1. The number of ether oxygens (including phenoxy) is 1. The van der Waals surface area contributed by atoms with Crippen molar-refractivity contribution in [2.24, 2.45) is 0 Å². The van der Waals surface area contributed by atoms with Crippen LogP contribution in [0.15, 0.2) is 48.7 Å². The van der Waals surface area contributed by atoms with E-state index in [1.165, 1.54) is 4.90 Å². The largest absolute Gasteiger partial charge is 0.444 e. The van der Waals surface area contributed by atoms with Crippen molar-refractivity contribution in [3.8, 4) is 0 Å². The maximum absolute atomic E-state index is 12.2. The maximum Gasteiger partial charge on any atom is 0.415 e. The van der Waals surface area contributed by atoms with Gasteiger partial charge >= 0.3 is 6.09 Å². The van der Waals surface area contributed by atoms with Gasteiger partial charge in [0.15, 0.2) is 5.82 Å². The number of rotatable bonds is 2. The molecule has 1 aliphatic heterocycles. The molecule has 1 aliphatic rings. The van der Waals surface area contributed by atoms with Gasteiger partial charge in [-0.3, -0.25) is 9.69 Å². The molecule has 0 aliphatic carbocycles. The highest BCUT2D eigenvalue weighted by atomic mass is 16.6. The Morgan fingerprint density at radius 1 is 1.24 bits per heavy atom. The monoisotopic (exact) mass is 283 g/mol. The van der Waals surface area contributed by atoms with Gasteiger partial charge < -0.3 is 10.1 Å².